The highest BCUT2D eigenvalue weighted by molar-refractivity contribution is 6.13. The number of nitrogens with zero attached hydrogens (tertiary/aromatic N) is 3. The van der Waals surface area contributed by atoms with Crippen LogP contribution in [0.25, 0.3) is 0 Å². The minimum atomic E-state index is -0.246. The van der Waals surface area contributed by atoms with E-state index in [-0.39, 0.29) is 11.3 Å². The van der Waals surface area contributed by atoms with Crippen molar-refractivity contribution in [3.05, 3.63) is 41.9 Å². The number of ether oxygens (including phenoxy) is 3. The number of benzene rings is 1. The molecule has 1 aromatic heterocycles. The zero-order valence-corrected chi connectivity index (χ0v) is 16.7. The van der Waals surface area contributed by atoms with Gasteiger partial charge in [0.05, 0.1) is 31.2 Å². The van der Waals surface area contributed by atoms with Gasteiger partial charge in [0, 0.05) is 37.0 Å². The summed E-state index contributed by atoms with van der Waals surface area (Å²) in [6.45, 7) is 6.12. The van der Waals surface area contributed by atoms with Crippen LogP contribution in [0.5, 0.6) is 5.75 Å². The molecule has 0 spiro atoms. The molecule has 1 saturated carbocycles. The molecule has 0 bridgehead atoms. The van der Waals surface area contributed by atoms with Crippen molar-refractivity contribution in [2.45, 2.75) is 25.4 Å². The van der Waals surface area contributed by atoms with E-state index in [2.05, 4.69) is 14.9 Å². The summed E-state index contributed by atoms with van der Waals surface area (Å²) in [5.41, 5.74) is 7.82. The standard InChI is InChI=1S/C21H27N5O3/c1-2-27-13-21(5-6-21)29-15-3-4-17(22)16(11-15)20(23)18-12-19(25-14-24-18)26-7-9-28-10-8-26/h3-4,11-12,14,23H,2,5-10,13,22H2,1H3. The Morgan fingerprint density at radius 2 is 2.03 bits per heavy atom. The Balaban J connectivity index is 1.54. The van der Waals surface area contributed by atoms with Crippen LogP contribution in [0.3, 0.4) is 0 Å². The highest BCUT2D eigenvalue weighted by Crippen LogP contribution is 2.41. The molecule has 1 aromatic carbocycles. The molecule has 154 valence electrons. The van der Waals surface area contributed by atoms with E-state index in [0.717, 1.165) is 31.7 Å². The molecular weight excluding hydrogens is 370 g/mol. The van der Waals surface area contributed by atoms with Crippen LogP contribution in [-0.2, 0) is 9.47 Å². The van der Waals surface area contributed by atoms with Gasteiger partial charge >= 0.3 is 0 Å². The lowest BCUT2D eigenvalue weighted by Crippen LogP contribution is -2.36. The van der Waals surface area contributed by atoms with Crippen LogP contribution >= 0.6 is 0 Å². The minimum Gasteiger partial charge on any atom is -0.485 e. The van der Waals surface area contributed by atoms with Gasteiger partial charge < -0.3 is 24.8 Å². The number of morpholine rings is 1. The molecule has 1 aliphatic carbocycles. The van der Waals surface area contributed by atoms with Crippen molar-refractivity contribution in [3.63, 3.8) is 0 Å². The first-order valence-electron chi connectivity index (χ1n) is 10.0. The quantitative estimate of drug-likeness (QED) is 0.520. The van der Waals surface area contributed by atoms with E-state index in [1.807, 2.05) is 25.1 Å². The third-order valence-electron chi connectivity index (χ3n) is 5.25. The molecule has 3 N–H and O–H groups in total. The minimum absolute atomic E-state index is 0.246. The van der Waals surface area contributed by atoms with Crippen molar-refractivity contribution in [3.8, 4) is 5.75 Å². The van der Waals surface area contributed by atoms with Crippen molar-refractivity contribution in [1.29, 1.82) is 5.41 Å². The fourth-order valence-corrected chi connectivity index (χ4v) is 3.36. The van der Waals surface area contributed by atoms with Crippen molar-refractivity contribution in [2.24, 2.45) is 0 Å². The third kappa shape index (κ3) is 4.49. The molecule has 1 aliphatic heterocycles. The summed E-state index contributed by atoms with van der Waals surface area (Å²) < 4.78 is 17.1. The lowest BCUT2D eigenvalue weighted by molar-refractivity contribution is 0.0414. The second-order valence-electron chi connectivity index (χ2n) is 7.41. The molecule has 0 radical (unpaired) electrons. The Bertz CT molecular complexity index is 878. The molecule has 8 nitrogen and oxygen atoms in total. The van der Waals surface area contributed by atoms with Gasteiger partial charge in [0.2, 0.25) is 0 Å². The van der Waals surface area contributed by atoms with Crippen LogP contribution < -0.4 is 15.4 Å². The zero-order valence-electron chi connectivity index (χ0n) is 16.7. The predicted octanol–water partition coefficient (Wildman–Crippen LogP) is 2.26. The number of nitrogen functional groups attached to an aromatic ring is 1. The number of hydrogen-bond donors (Lipinski definition) is 2. The first-order valence-corrected chi connectivity index (χ1v) is 10.0. The topological polar surface area (TPSA) is 107 Å². The van der Waals surface area contributed by atoms with Crippen molar-refractivity contribution in [2.75, 3.05) is 50.2 Å². The Hall–Kier alpha value is -2.71. The molecule has 0 unspecified atom stereocenters. The smallest absolute Gasteiger partial charge is 0.132 e. The van der Waals surface area contributed by atoms with Gasteiger partial charge in [-0.15, -0.1) is 0 Å². The maximum Gasteiger partial charge on any atom is 0.132 e. The number of anilines is 2. The van der Waals surface area contributed by atoms with E-state index in [4.69, 9.17) is 25.4 Å². The zero-order chi connectivity index (χ0) is 20.3. The normalized spacial score (nSPS) is 17.8. The largest absolute Gasteiger partial charge is 0.485 e. The molecule has 1 saturated heterocycles. The highest BCUT2D eigenvalue weighted by Gasteiger charge is 2.46. The van der Waals surface area contributed by atoms with Crippen LogP contribution in [0.2, 0.25) is 0 Å². The highest BCUT2D eigenvalue weighted by atomic mass is 16.5. The fourth-order valence-electron chi connectivity index (χ4n) is 3.36. The molecule has 2 aromatic rings. The number of rotatable bonds is 8. The van der Waals surface area contributed by atoms with Crippen molar-refractivity contribution >= 4 is 17.2 Å². The van der Waals surface area contributed by atoms with Crippen LogP contribution in [0.15, 0.2) is 30.6 Å². The molecule has 0 atom stereocenters. The van der Waals surface area contributed by atoms with E-state index >= 15 is 0 Å². The second-order valence-corrected chi connectivity index (χ2v) is 7.41. The predicted molar refractivity (Wildman–Crippen MR) is 111 cm³/mol. The first kappa shape index (κ1) is 19.6. The van der Waals surface area contributed by atoms with E-state index in [1.165, 1.54) is 6.33 Å². The SMILES string of the molecule is CCOCC1(Oc2ccc(N)c(C(=N)c3cc(N4CCOCC4)ncn3)c2)CC1. The summed E-state index contributed by atoms with van der Waals surface area (Å²) in [6, 6.07) is 7.27. The van der Waals surface area contributed by atoms with Gasteiger partial charge in [0.1, 0.15) is 23.5 Å². The Kier molecular flexibility index (Phi) is 5.64. The maximum absolute atomic E-state index is 8.68. The number of aromatic nitrogens is 2. The summed E-state index contributed by atoms with van der Waals surface area (Å²) in [7, 11) is 0. The lowest BCUT2D eigenvalue weighted by atomic mass is 10.0. The summed E-state index contributed by atoms with van der Waals surface area (Å²) in [5.74, 6) is 1.49. The van der Waals surface area contributed by atoms with E-state index < -0.39 is 0 Å². The van der Waals surface area contributed by atoms with Crippen LogP contribution in [-0.4, -0.2) is 60.8 Å². The van der Waals surface area contributed by atoms with Gasteiger partial charge in [-0.3, -0.25) is 5.41 Å². The van der Waals surface area contributed by atoms with Gasteiger partial charge in [-0.05, 0) is 38.0 Å². The molecule has 2 fully saturated rings. The number of nitrogens with two attached hydrogens (primary N) is 1. The van der Waals surface area contributed by atoms with Crippen molar-refractivity contribution < 1.29 is 14.2 Å². The molecule has 4 rings (SSSR count). The summed E-state index contributed by atoms with van der Waals surface area (Å²) in [4.78, 5) is 10.8. The summed E-state index contributed by atoms with van der Waals surface area (Å²) in [5, 5.41) is 8.68. The Morgan fingerprint density at radius 3 is 2.76 bits per heavy atom. The molecule has 2 aliphatic rings. The summed E-state index contributed by atoms with van der Waals surface area (Å²) in [6.07, 6.45) is 3.43. The molecular formula is C21H27N5O3. The van der Waals surface area contributed by atoms with Gasteiger partial charge in [-0.25, -0.2) is 9.97 Å². The second kappa shape index (κ2) is 8.34. The number of nitrogens with one attached hydrogen (secondary N) is 1. The molecule has 0 amide bonds. The van der Waals surface area contributed by atoms with E-state index in [9.17, 15) is 0 Å². The van der Waals surface area contributed by atoms with Gasteiger partial charge in [-0.2, -0.15) is 0 Å². The van der Waals surface area contributed by atoms with Crippen LogP contribution in [0.1, 0.15) is 31.0 Å². The van der Waals surface area contributed by atoms with Gasteiger partial charge in [0.25, 0.3) is 0 Å². The van der Waals surface area contributed by atoms with Crippen molar-refractivity contribution in [1.82, 2.24) is 9.97 Å². The third-order valence-corrected chi connectivity index (χ3v) is 5.25. The monoisotopic (exact) mass is 397 g/mol. The molecule has 8 heteroatoms. The summed E-state index contributed by atoms with van der Waals surface area (Å²) >= 11 is 0. The Labute approximate surface area is 170 Å². The lowest BCUT2D eigenvalue weighted by Gasteiger charge is -2.27. The van der Waals surface area contributed by atoms with Gasteiger partial charge in [-0.1, -0.05) is 0 Å². The van der Waals surface area contributed by atoms with E-state index in [1.54, 1.807) is 6.07 Å². The van der Waals surface area contributed by atoms with Crippen LogP contribution in [0, 0.1) is 5.41 Å². The number of hydrogen-bond acceptors (Lipinski definition) is 8. The first-order chi connectivity index (χ1) is 14.1. The van der Waals surface area contributed by atoms with Crippen LogP contribution in [0.4, 0.5) is 11.5 Å². The average molecular weight is 397 g/mol. The van der Waals surface area contributed by atoms with Gasteiger partial charge in [0.15, 0.2) is 0 Å². The fraction of sp³-hybridized carbons (Fsp3) is 0.476. The average Bonchev–Trinajstić information content (AvgIpc) is 3.53. The molecule has 29 heavy (non-hydrogen) atoms. The maximum atomic E-state index is 8.68. The molecule has 2 heterocycles. The Morgan fingerprint density at radius 1 is 1.24 bits per heavy atom. The van der Waals surface area contributed by atoms with E-state index in [0.29, 0.717) is 49.1 Å².